The van der Waals surface area contributed by atoms with Crippen molar-refractivity contribution < 1.29 is 9.12 Å². The second-order valence-electron chi connectivity index (χ2n) is 3.61. The molecule has 0 fully saturated rings. The van der Waals surface area contributed by atoms with Crippen LogP contribution in [0, 0.1) is 0 Å². The molecule has 0 amide bonds. The van der Waals surface area contributed by atoms with Crippen molar-refractivity contribution >= 4 is 24.6 Å². The quantitative estimate of drug-likeness (QED) is 0.597. The summed E-state index contributed by atoms with van der Waals surface area (Å²) in [5, 5.41) is 4.11. The van der Waals surface area contributed by atoms with E-state index in [2.05, 4.69) is 16.4 Å². The van der Waals surface area contributed by atoms with Gasteiger partial charge in [-0.2, -0.15) is 0 Å². The van der Waals surface area contributed by atoms with Gasteiger partial charge in [0.25, 0.3) is 0 Å². The molecule has 2 rings (SSSR count). The van der Waals surface area contributed by atoms with Crippen LogP contribution in [0.25, 0.3) is 11.1 Å². The molecule has 0 N–H and O–H groups in total. The van der Waals surface area contributed by atoms with Crippen LogP contribution < -0.4 is 0 Å². The molecule has 2 aromatic heterocycles. The van der Waals surface area contributed by atoms with E-state index in [4.69, 9.17) is 4.42 Å². The maximum atomic E-state index is 10.3. The molecule has 2 aromatic rings. The third kappa shape index (κ3) is 2.80. The zero-order chi connectivity index (χ0) is 12.1. The number of furan rings is 1. The summed E-state index contributed by atoms with van der Waals surface area (Å²) in [5.74, 6) is 0.798. The number of thiophene rings is 1. The third-order valence-electron chi connectivity index (χ3n) is 2.52. The monoisotopic (exact) mass is 245 g/mol. The second-order valence-corrected chi connectivity index (χ2v) is 4.39. The minimum absolute atomic E-state index is 0.0763. The SMILES string of the molecule is CCC(/N=C\B=O)c1cc(-c2ccsc2)co1. The van der Waals surface area contributed by atoms with E-state index in [1.165, 1.54) is 6.11 Å². The predicted molar refractivity (Wildman–Crippen MR) is 70.0 cm³/mol. The standard InChI is InChI=1S/C12H12BNO2S/c1-2-11(14-8-13-15)12-5-10(6-16-12)9-3-4-17-7-9/h3-8,11H,2H2,1H3/b14-8-. The average molecular weight is 245 g/mol. The van der Waals surface area contributed by atoms with E-state index < -0.39 is 0 Å². The van der Waals surface area contributed by atoms with Gasteiger partial charge in [0.05, 0.1) is 0 Å². The molecule has 0 spiro atoms. The number of nitrogens with zero attached hydrogens (tertiary/aromatic N) is 1. The fourth-order valence-corrected chi connectivity index (χ4v) is 2.29. The van der Waals surface area contributed by atoms with Crippen molar-refractivity contribution in [2.75, 3.05) is 0 Å². The Morgan fingerprint density at radius 3 is 3.12 bits per heavy atom. The average Bonchev–Trinajstić information content (AvgIpc) is 3.00. The van der Waals surface area contributed by atoms with E-state index in [0.717, 1.165) is 23.3 Å². The summed E-state index contributed by atoms with van der Waals surface area (Å²) in [6, 6.07) is 3.96. The van der Waals surface area contributed by atoms with E-state index in [1.54, 1.807) is 17.6 Å². The Morgan fingerprint density at radius 1 is 1.59 bits per heavy atom. The van der Waals surface area contributed by atoms with Gasteiger partial charge < -0.3 is 0 Å². The molecular weight excluding hydrogens is 233 g/mol. The van der Waals surface area contributed by atoms with Crippen LogP contribution in [-0.4, -0.2) is 13.3 Å². The Balaban J connectivity index is 2.22. The van der Waals surface area contributed by atoms with Crippen LogP contribution in [0.4, 0.5) is 0 Å². The van der Waals surface area contributed by atoms with Gasteiger partial charge in [-0.05, 0) is 0 Å². The molecular formula is C12H12BNO2S. The summed E-state index contributed by atoms with van der Waals surface area (Å²) >= 11 is 1.65. The molecule has 0 aliphatic rings. The maximum absolute atomic E-state index is 10.3. The first kappa shape index (κ1) is 12.0. The van der Waals surface area contributed by atoms with Crippen LogP contribution >= 0.6 is 11.3 Å². The van der Waals surface area contributed by atoms with Gasteiger partial charge in [0, 0.05) is 0 Å². The summed E-state index contributed by atoms with van der Waals surface area (Å²) in [5.41, 5.74) is 2.21. The first-order chi connectivity index (χ1) is 8.35. The number of hydrogen-bond donors (Lipinski definition) is 0. The Bertz CT molecular complexity index is 504. The molecule has 17 heavy (non-hydrogen) atoms. The van der Waals surface area contributed by atoms with Crippen molar-refractivity contribution in [1.29, 1.82) is 0 Å². The van der Waals surface area contributed by atoms with Crippen LogP contribution in [0.3, 0.4) is 0 Å². The summed E-state index contributed by atoms with van der Waals surface area (Å²) in [6.07, 6.45) is 3.82. The van der Waals surface area contributed by atoms with Crippen LogP contribution in [0.1, 0.15) is 25.1 Å². The van der Waals surface area contributed by atoms with Gasteiger partial charge in [0.15, 0.2) is 0 Å². The van der Waals surface area contributed by atoms with Gasteiger partial charge >= 0.3 is 104 Å². The van der Waals surface area contributed by atoms with Crippen molar-refractivity contribution in [3.8, 4) is 11.1 Å². The zero-order valence-electron chi connectivity index (χ0n) is 9.50. The Morgan fingerprint density at radius 2 is 2.47 bits per heavy atom. The topological polar surface area (TPSA) is 42.6 Å². The van der Waals surface area contributed by atoms with Gasteiger partial charge in [-0.15, -0.1) is 0 Å². The van der Waals surface area contributed by atoms with Crippen molar-refractivity contribution in [3.05, 3.63) is 34.9 Å². The molecule has 3 nitrogen and oxygen atoms in total. The van der Waals surface area contributed by atoms with Gasteiger partial charge in [-0.25, -0.2) is 0 Å². The molecule has 0 aromatic carbocycles. The third-order valence-corrected chi connectivity index (χ3v) is 3.20. The van der Waals surface area contributed by atoms with Crippen LogP contribution in [0.15, 0.2) is 38.6 Å². The minimum atomic E-state index is -0.0763. The number of hydrogen-bond acceptors (Lipinski definition) is 4. The van der Waals surface area contributed by atoms with Crippen LogP contribution in [0.2, 0.25) is 0 Å². The molecule has 0 aliphatic carbocycles. The molecule has 1 atom stereocenters. The van der Waals surface area contributed by atoms with E-state index >= 15 is 0 Å². The summed E-state index contributed by atoms with van der Waals surface area (Å²) in [6.45, 7) is 2.01. The Labute approximate surface area is 104 Å². The molecule has 86 valence electrons. The van der Waals surface area contributed by atoms with Gasteiger partial charge in [-0.1, -0.05) is 0 Å². The fourth-order valence-electron chi connectivity index (χ4n) is 1.63. The van der Waals surface area contributed by atoms with Gasteiger partial charge in [0.2, 0.25) is 0 Å². The summed E-state index contributed by atoms with van der Waals surface area (Å²) in [7, 11) is 0.686. The molecule has 0 saturated heterocycles. The summed E-state index contributed by atoms with van der Waals surface area (Å²) < 4.78 is 15.8. The van der Waals surface area contributed by atoms with Crippen LogP contribution in [-0.2, 0) is 4.70 Å². The van der Waals surface area contributed by atoms with E-state index in [0.29, 0.717) is 7.15 Å². The molecule has 1 unspecified atom stereocenters. The van der Waals surface area contributed by atoms with Crippen molar-refractivity contribution in [1.82, 2.24) is 0 Å². The number of rotatable bonds is 5. The molecule has 2 heterocycles. The van der Waals surface area contributed by atoms with Crippen molar-refractivity contribution in [2.24, 2.45) is 4.99 Å². The molecule has 5 heteroatoms. The van der Waals surface area contributed by atoms with E-state index in [9.17, 15) is 4.70 Å². The van der Waals surface area contributed by atoms with Crippen LogP contribution in [0.5, 0.6) is 0 Å². The number of aliphatic imine (C=N–C) groups is 1. The van der Waals surface area contributed by atoms with Gasteiger partial charge in [0.1, 0.15) is 0 Å². The van der Waals surface area contributed by atoms with Gasteiger partial charge in [-0.3, -0.25) is 0 Å². The van der Waals surface area contributed by atoms with Crippen molar-refractivity contribution in [2.45, 2.75) is 19.4 Å². The molecule has 0 bridgehead atoms. The molecule has 0 aliphatic heterocycles. The van der Waals surface area contributed by atoms with E-state index in [1.807, 2.05) is 18.4 Å². The first-order valence-corrected chi connectivity index (χ1v) is 6.37. The predicted octanol–water partition coefficient (Wildman–Crippen LogP) is 3.54. The Kier molecular flexibility index (Phi) is 4.04. The Hall–Kier alpha value is -1.49. The van der Waals surface area contributed by atoms with E-state index in [-0.39, 0.29) is 6.04 Å². The first-order valence-electron chi connectivity index (χ1n) is 5.43. The fraction of sp³-hybridized carbons (Fsp3) is 0.250. The summed E-state index contributed by atoms with van der Waals surface area (Å²) in [4.78, 5) is 4.14. The second kappa shape index (κ2) is 5.73. The van der Waals surface area contributed by atoms with Crippen molar-refractivity contribution in [3.63, 3.8) is 0 Å². The zero-order valence-corrected chi connectivity index (χ0v) is 10.3. The molecule has 0 saturated carbocycles. The normalized spacial score (nSPS) is 12.8. The molecule has 0 radical (unpaired) electrons.